The van der Waals surface area contributed by atoms with Crippen LogP contribution in [0.25, 0.3) is 0 Å². The molecule has 7 heteroatoms. The average Bonchev–Trinajstić information content (AvgIpc) is 2.74. The highest BCUT2D eigenvalue weighted by molar-refractivity contribution is 5.76. The summed E-state index contributed by atoms with van der Waals surface area (Å²) in [4.78, 5) is 15.1. The molecule has 21 heavy (non-hydrogen) atoms. The number of halogens is 3. The van der Waals surface area contributed by atoms with Crippen molar-refractivity contribution in [2.75, 3.05) is 32.7 Å². The molecular weight excluding hydrogens is 283 g/mol. The molecule has 1 N–H and O–H groups in total. The first-order valence-electron chi connectivity index (χ1n) is 7.59. The normalized spacial score (nSPS) is 29.7. The molecule has 0 aromatic heterocycles. The van der Waals surface area contributed by atoms with Gasteiger partial charge in [0.1, 0.15) is 6.04 Å². The molecule has 0 aromatic rings. The standard InChI is InChI=1S/C14H24F3N3O/c1-10(2)19-5-3-11(8-19)9-20-6-4-13(21)18-7-12(20)14(15,16)17/h10-12H,3-9H2,1-2H3,(H,18,21). The molecule has 0 aliphatic carbocycles. The number of likely N-dealkylation sites (tertiary alicyclic amines) is 1. The lowest BCUT2D eigenvalue weighted by Gasteiger charge is -2.32. The number of nitrogens with one attached hydrogen (secondary N) is 1. The summed E-state index contributed by atoms with van der Waals surface area (Å²) in [7, 11) is 0. The van der Waals surface area contributed by atoms with Gasteiger partial charge in [0.25, 0.3) is 0 Å². The molecule has 0 aromatic carbocycles. The fourth-order valence-electron chi connectivity index (χ4n) is 3.18. The van der Waals surface area contributed by atoms with Crippen LogP contribution in [0.15, 0.2) is 0 Å². The molecule has 4 nitrogen and oxygen atoms in total. The highest BCUT2D eigenvalue weighted by Gasteiger charge is 2.45. The van der Waals surface area contributed by atoms with Crippen molar-refractivity contribution in [2.24, 2.45) is 5.92 Å². The van der Waals surface area contributed by atoms with Gasteiger partial charge in [-0.25, -0.2) is 0 Å². The number of alkyl halides is 3. The van der Waals surface area contributed by atoms with Gasteiger partial charge in [-0.05, 0) is 32.7 Å². The molecule has 0 spiro atoms. The SMILES string of the molecule is CC(C)N1CCC(CN2CCC(=O)NCC2C(F)(F)F)C1. The Hall–Kier alpha value is -0.820. The van der Waals surface area contributed by atoms with E-state index in [1.165, 1.54) is 4.90 Å². The van der Waals surface area contributed by atoms with Crippen LogP contribution >= 0.6 is 0 Å². The molecular formula is C14H24F3N3O. The van der Waals surface area contributed by atoms with Gasteiger partial charge in [0, 0.05) is 38.6 Å². The van der Waals surface area contributed by atoms with E-state index < -0.39 is 12.2 Å². The van der Waals surface area contributed by atoms with Gasteiger partial charge in [-0.1, -0.05) is 0 Å². The minimum absolute atomic E-state index is 0.146. The monoisotopic (exact) mass is 307 g/mol. The van der Waals surface area contributed by atoms with Crippen molar-refractivity contribution in [2.45, 2.75) is 44.9 Å². The summed E-state index contributed by atoms with van der Waals surface area (Å²) in [6.45, 7) is 6.29. The molecule has 0 bridgehead atoms. The lowest BCUT2D eigenvalue weighted by atomic mass is 10.1. The number of hydrogen-bond donors (Lipinski definition) is 1. The van der Waals surface area contributed by atoms with Gasteiger partial charge >= 0.3 is 6.18 Å². The van der Waals surface area contributed by atoms with E-state index in [1.807, 2.05) is 0 Å². The maximum atomic E-state index is 13.2. The van der Waals surface area contributed by atoms with E-state index in [-0.39, 0.29) is 31.3 Å². The molecule has 2 unspecified atom stereocenters. The second-order valence-corrected chi connectivity index (χ2v) is 6.35. The number of amides is 1. The zero-order valence-corrected chi connectivity index (χ0v) is 12.6. The second kappa shape index (κ2) is 6.52. The van der Waals surface area contributed by atoms with E-state index in [0.29, 0.717) is 12.6 Å². The van der Waals surface area contributed by atoms with Gasteiger partial charge in [0.2, 0.25) is 5.91 Å². The Morgan fingerprint density at radius 3 is 2.62 bits per heavy atom. The molecule has 2 atom stereocenters. The quantitative estimate of drug-likeness (QED) is 0.858. The molecule has 0 radical (unpaired) electrons. The molecule has 1 amide bonds. The predicted octanol–water partition coefficient (Wildman–Crippen LogP) is 1.47. The zero-order valence-electron chi connectivity index (χ0n) is 12.6. The average molecular weight is 307 g/mol. The van der Waals surface area contributed by atoms with E-state index in [4.69, 9.17) is 0 Å². The first-order chi connectivity index (χ1) is 9.77. The summed E-state index contributed by atoms with van der Waals surface area (Å²) >= 11 is 0. The Morgan fingerprint density at radius 1 is 1.33 bits per heavy atom. The highest BCUT2D eigenvalue weighted by atomic mass is 19.4. The minimum Gasteiger partial charge on any atom is -0.354 e. The second-order valence-electron chi connectivity index (χ2n) is 6.35. The van der Waals surface area contributed by atoms with Crippen molar-refractivity contribution in [1.29, 1.82) is 0 Å². The maximum absolute atomic E-state index is 13.2. The van der Waals surface area contributed by atoms with Crippen molar-refractivity contribution in [3.8, 4) is 0 Å². The van der Waals surface area contributed by atoms with Gasteiger partial charge in [-0.15, -0.1) is 0 Å². The third-order valence-corrected chi connectivity index (χ3v) is 4.48. The van der Waals surface area contributed by atoms with Crippen LogP contribution in [0.1, 0.15) is 26.7 Å². The smallest absolute Gasteiger partial charge is 0.354 e. The number of rotatable bonds is 3. The van der Waals surface area contributed by atoms with Gasteiger partial charge < -0.3 is 10.2 Å². The summed E-state index contributed by atoms with van der Waals surface area (Å²) in [6, 6.07) is -1.13. The number of nitrogens with zero attached hydrogens (tertiary/aromatic N) is 2. The third kappa shape index (κ3) is 4.32. The predicted molar refractivity (Wildman–Crippen MR) is 73.9 cm³/mol. The summed E-state index contributed by atoms with van der Waals surface area (Å²) in [5, 5.41) is 2.37. The summed E-state index contributed by atoms with van der Waals surface area (Å²) < 4.78 is 39.5. The molecule has 2 heterocycles. The topological polar surface area (TPSA) is 35.6 Å². The van der Waals surface area contributed by atoms with E-state index >= 15 is 0 Å². The van der Waals surface area contributed by atoms with Crippen LogP contribution in [-0.4, -0.2) is 66.7 Å². The lowest BCUT2D eigenvalue weighted by molar-refractivity contribution is -0.182. The van der Waals surface area contributed by atoms with Gasteiger partial charge in [-0.3, -0.25) is 9.69 Å². The van der Waals surface area contributed by atoms with Crippen molar-refractivity contribution < 1.29 is 18.0 Å². The van der Waals surface area contributed by atoms with Crippen molar-refractivity contribution in [3.63, 3.8) is 0 Å². The summed E-state index contributed by atoms with van der Waals surface area (Å²) in [5.41, 5.74) is 0. The Balaban J connectivity index is 1.99. The number of carbonyl (C=O) groups excluding carboxylic acids is 1. The molecule has 2 aliphatic rings. The molecule has 122 valence electrons. The highest BCUT2D eigenvalue weighted by Crippen LogP contribution is 2.28. The Bertz CT molecular complexity index is 373. The first-order valence-corrected chi connectivity index (χ1v) is 7.59. The van der Waals surface area contributed by atoms with Crippen LogP contribution in [0.5, 0.6) is 0 Å². The van der Waals surface area contributed by atoms with Gasteiger partial charge in [0.05, 0.1) is 0 Å². The first kappa shape index (κ1) is 16.5. The van der Waals surface area contributed by atoms with E-state index in [0.717, 1.165) is 19.5 Å². The van der Waals surface area contributed by atoms with E-state index in [2.05, 4.69) is 24.1 Å². The molecule has 2 rings (SSSR count). The van der Waals surface area contributed by atoms with Crippen LogP contribution in [0.3, 0.4) is 0 Å². The van der Waals surface area contributed by atoms with E-state index in [9.17, 15) is 18.0 Å². The summed E-state index contributed by atoms with van der Waals surface area (Å²) in [5.74, 6) is -0.0348. The van der Waals surface area contributed by atoms with Crippen LogP contribution in [0.2, 0.25) is 0 Å². The van der Waals surface area contributed by atoms with Crippen LogP contribution in [0, 0.1) is 5.92 Å². The Morgan fingerprint density at radius 2 is 2.05 bits per heavy atom. The van der Waals surface area contributed by atoms with Crippen LogP contribution < -0.4 is 5.32 Å². The molecule has 2 saturated heterocycles. The Labute approximate surface area is 123 Å². The largest absolute Gasteiger partial charge is 0.405 e. The van der Waals surface area contributed by atoms with Gasteiger partial charge in [0.15, 0.2) is 0 Å². The van der Waals surface area contributed by atoms with Crippen LogP contribution in [-0.2, 0) is 4.79 Å². The molecule has 2 fully saturated rings. The fourth-order valence-corrected chi connectivity index (χ4v) is 3.18. The van der Waals surface area contributed by atoms with E-state index in [1.54, 1.807) is 0 Å². The zero-order chi connectivity index (χ0) is 15.6. The van der Waals surface area contributed by atoms with Crippen molar-refractivity contribution in [1.82, 2.24) is 15.1 Å². The Kier molecular flexibility index (Phi) is 5.14. The third-order valence-electron chi connectivity index (χ3n) is 4.48. The number of hydrogen-bond acceptors (Lipinski definition) is 3. The summed E-state index contributed by atoms with van der Waals surface area (Å²) in [6.07, 6.45) is -3.22. The maximum Gasteiger partial charge on any atom is 0.405 e. The minimum atomic E-state index is -4.30. The van der Waals surface area contributed by atoms with Gasteiger partial charge in [-0.2, -0.15) is 13.2 Å². The fraction of sp³-hybridized carbons (Fsp3) is 0.929. The molecule has 0 saturated carbocycles. The number of carbonyl (C=O) groups is 1. The molecule has 2 aliphatic heterocycles. The lowest BCUT2D eigenvalue weighted by Crippen LogP contribution is -2.51. The van der Waals surface area contributed by atoms with Crippen molar-refractivity contribution in [3.05, 3.63) is 0 Å². The van der Waals surface area contributed by atoms with Crippen LogP contribution in [0.4, 0.5) is 13.2 Å². The van der Waals surface area contributed by atoms with Crippen molar-refractivity contribution >= 4 is 5.91 Å².